The zero-order valence-corrected chi connectivity index (χ0v) is 18.1. The molecule has 0 aromatic heterocycles. The lowest BCUT2D eigenvalue weighted by Gasteiger charge is -2.20. The van der Waals surface area contributed by atoms with Gasteiger partial charge in [0.2, 0.25) is 0 Å². The highest BCUT2D eigenvalue weighted by Gasteiger charge is 2.31. The van der Waals surface area contributed by atoms with Crippen molar-refractivity contribution < 1.29 is 26.7 Å². The van der Waals surface area contributed by atoms with E-state index in [2.05, 4.69) is 5.32 Å². The number of halogens is 3. The molecule has 0 unspecified atom stereocenters. The molecule has 0 radical (unpaired) electrons. The minimum Gasteiger partial charge on any atom is -0.482 e. The highest BCUT2D eigenvalue weighted by molar-refractivity contribution is 7.92. The fraction of sp³-hybridized carbons (Fsp3) is 0.136. The van der Waals surface area contributed by atoms with Crippen LogP contribution in [0.15, 0.2) is 65.6 Å². The van der Waals surface area contributed by atoms with Crippen molar-refractivity contribution in [1.29, 1.82) is 0 Å². The second kappa shape index (κ2) is 8.76. The van der Waals surface area contributed by atoms with E-state index in [0.717, 1.165) is 17.7 Å². The first-order valence-corrected chi connectivity index (χ1v) is 11.4. The first kappa shape index (κ1) is 22.0. The molecule has 0 saturated carbocycles. The number of ether oxygens (including phenoxy) is 1. The molecule has 0 atom stereocenters. The molecule has 3 aromatic carbocycles. The summed E-state index contributed by atoms with van der Waals surface area (Å²) in [6, 6.07) is 14.0. The largest absolute Gasteiger partial charge is 0.482 e. The predicted octanol–water partition coefficient (Wildman–Crippen LogP) is 4.39. The Morgan fingerprint density at radius 1 is 1.09 bits per heavy atom. The van der Waals surface area contributed by atoms with Crippen molar-refractivity contribution in [2.75, 3.05) is 22.8 Å². The molecule has 1 aliphatic heterocycles. The van der Waals surface area contributed by atoms with Gasteiger partial charge >= 0.3 is 0 Å². The van der Waals surface area contributed by atoms with Crippen LogP contribution in [0.2, 0.25) is 5.02 Å². The molecule has 32 heavy (non-hydrogen) atoms. The molecule has 166 valence electrons. The van der Waals surface area contributed by atoms with Crippen molar-refractivity contribution in [3.8, 4) is 5.75 Å². The van der Waals surface area contributed by atoms with Crippen LogP contribution in [-0.2, 0) is 21.2 Å². The van der Waals surface area contributed by atoms with Crippen LogP contribution in [0.25, 0.3) is 0 Å². The monoisotopic (exact) mass is 478 g/mol. The molecule has 0 aliphatic carbocycles. The van der Waals surface area contributed by atoms with Crippen LogP contribution in [0, 0.1) is 11.6 Å². The molecular formula is C22H17ClF2N2O4S. The van der Waals surface area contributed by atoms with E-state index in [1.165, 1.54) is 22.5 Å². The fourth-order valence-corrected chi connectivity index (χ4v) is 5.19. The van der Waals surface area contributed by atoms with Gasteiger partial charge in [-0.05, 0) is 48.4 Å². The maximum absolute atomic E-state index is 13.6. The molecule has 6 nitrogen and oxygen atoms in total. The van der Waals surface area contributed by atoms with Gasteiger partial charge in [-0.1, -0.05) is 29.8 Å². The number of benzene rings is 3. The molecule has 10 heteroatoms. The van der Waals surface area contributed by atoms with Crippen molar-refractivity contribution in [1.82, 2.24) is 0 Å². The maximum Gasteiger partial charge on any atom is 0.264 e. The normalized spacial score (nSPS) is 13.0. The molecule has 4 rings (SSSR count). The zero-order chi connectivity index (χ0) is 22.9. The number of carbonyl (C=O) groups is 1. The SMILES string of the molecule is O=C(COc1ccc(S(=O)(=O)N2CCc3ccccc32)cc1Cl)Nc1ccc(F)cc1F. The topological polar surface area (TPSA) is 75.7 Å². The molecule has 1 amide bonds. The van der Waals surface area contributed by atoms with Crippen LogP contribution in [0.5, 0.6) is 5.75 Å². The number of rotatable bonds is 6. The first-order chi connectivity index (χ1) is 15.3. The van der Waals surface area contributed by atoms with E-state index >= 15 is 0 Å². The van der Waals surface area contributed by atoms with E-state index in [0.29, 0.717) is 24.7 Å². The second-order valence-electron chi connectivity index (χ2n) is 7.01. The lowest BCUT2D eigenvalue weighted by Crippen LogP contribution is -2.29. The van der Waals surface area contributed by atoms with E-state index in [1.807, 2.05) is 12.1 Å². The lowest BCUT2D eigenvalue weighted by molar-refractivity contribution is -0.118. The van der Waals surface area contributed by atoms with Gasteiger partial charge in [0.05, 0.1) is 21.3 Å². The summed E-state index contributed by atoms with van der Waals surface area (Å²) >= 11 is 6.19. The third kappa shape index (κ3) is 4.39. The Bertz CT molecular complexity index is 1300. The van der Waals surface area contributed by atoms with Gasteiger partial charge in [0.25, 0.3) is 15.9 Å². The van der Waals surface area contributed by atoms with Gasteiger partial charge < -0.3 is 10.1 Å². The van der Waals surface area contributed by atoms with Gasteiger partial charge in [0.1, 0.15) is 17.4 Å². The van der Waals surface area contributed by atoms with E-state index in [-0.39, 0.29) is 21.4 Å². The van der Waals surface area contributed by atoms with Gasteiger partial charge in [-0.25, -0.2) is 17.2 Å². The van der Waals surface area contributed by atoms with Crippen LogP contribution in [-0.4, -0.2) is 27.5 Å². The van der Waals surface area contributed by atoms with Crippen molar-refractivity contribution in [3.63, 3.8) is 0 Å². The third-order valence-corrected chi connectivity index (χ3v) is 7.00. The minimum atomic E-state index is -3.83. The molecule has 3 aromatic rings. The average molecular weight is 479 g/mol. The molecule has 0 fully saturated rings. The van der Waals surface area contributed by atoms with Gasteiger partial charge in [0.15, 0.2) is 6.61 Å². The second-order valence-corrected chi connectivity index (χ2v) is 9.28. The Balaban J connectivity index is 1.45. The lowest BCUT2D eigenvalue weighted by atomic mass is 10.2. The molecule has 0 bridgehead atoms. The minimum absolute atomic E-state index is 0.000630. The summed E-state index contributed by atoms with van der Waals surface area (Å²) in [5.41, 5.74) is 1.39. The highest BCUT2D eigenvalue weighted by atomic mass is 35.5. The quantitative estimate of drug-likeness (QED) is 0.570. The Morgan fingerprint density at radius 3 is 2.62 bits per heavy atom. The molecule has 1 heterocycles. The van der Waals surface area contributed by atoms with Crippen molar-refractivity contribution in [2.45, 2.75) is 11.3 Å². The number of anilines is 2. The number of nitrogens with zero attached hydrogens (tertiary/aromatic N) is 1. The fourth-order valence-electron chi connectivity index (χ4n) is 3.36. The smallest absolute Gasteiger partial charge is 0.264 e. The molecule has 0 saturated heterocycles. The Labute approximate surface area is 188 Å². The van der Waals surface area contributed by atoms with E-state index in [9.17, 15) is 22.0 Å². The number of hydrogen-bond donors (Lipinski definition) is 1. The van der Waals surface area contributed by atoms with E-state index < -0.39 is 34.2 Å². The molecular weight excluding hydrogens is 462 g/mol. The number of fused-ring (bicyclic) bond motifs is 1. The van der Waals surface area contributed by atoms with Crippen LogP contribution in [0.4, 0.5) is 20.2 Å². The van der Waals surface area contributed by atoms with E-state index in [1.54, 1.807) is 12.1 Å². The summed E-state index contributed by atoms with van der Waals surface area (Å²) < 4.78 is 59.4. The molecule has 1 aliphatic rings. The maximum atomic E-state index is 13.6. The molecule has 0 spiro atoms. The van der Waals surface area contributed by atoms with Gasteiger partial charge in [-0.15, -0.1) is 0 Å². The number of amides is 1. The van der Waals surface area contributed by atoms with Crippen LogP contribution in [0.1, 0.15) is 5.56 Å². The molecule has 1 N–H and O–H groups in total. The van der Waals surface area contributed by atoms with Crippen molar-refractivity contribution in [3.05, 3.63) is 82.9 Å². The zero-order valence-electron chi connectivity index (χ0n) is 16.5. The summed E-state index contributed by atoms with van der Waals surface area (Å²) in [7, 11) is -3.83. The number of hydrogen-bond acceptors (Lipinski definition) is 4. The van der Waals surface area contributed by atoms with Crippen LogP contribution < -0.4 is 14.4 Å². The standard InChI is InChI=1S/C22H17ClF2N2O4S/c23-17-12-16(32(29,30)27-10-9-14-3-1-2-4-20(14)27)6-8-21(17)31-13-22(28)26-19-7-5-15(24)11-18(19)25/h1-8,11-12H,9-10,13H2,(H,26,28). The summed E-state index contributed by atoms with van der Waals surface area (Å²) in [6.45, 7) is -0.181. The summed E-state index contributed by atoms with van der Waals surface area (Å²) in [5.74, 6) is -2.30. The van der Waals surface area contributed by atoms with Gasteiger partial charge in [0, 0.05) is 12.6 Å². The number of para-hydroxylation sites is 1. The summed E-state index contributed by atoms with van der Waals surface area (Å²) in [5, 5.41) is 2.26. The number of carbonyl (C=O) groups excluding carboxylic acids is 1. The van der Waals surface area contributed by atoms with Gasteiger partial charge in [-0.2, -0.15) is 0 Å². The number of sulfonamides is 1. The Kier molecular flexibility index (Phi) is 6.03. The van der Waals surface area contributed by atoms with Crippen molar-refractivity contribution in [2.24, 2.45) is 0 Å². The van der Waals surface area contributed by atoms with E-state index in [4.69, 9.17) is 16.3 Å². The van der Waals surface area contributed by atoms with Gasteiger partial charge in [-0.3, -0.25) is 9.10 Å². The van der Waals surface area contributed by atoms with Crippen LogP contribution in [0.3, 0.4) is 0 Å². The summed E-state index contributed by atoms with van der Waals surface area (Å²) in [4.78, 5) is 12.0. The van der Waals surface area contributed by atoms with Crippen molar-refractivity contribution >= 4 is 38.9 Å². The predicted molar refractivity (Wildman–Crippen MR) is 117 cm³/mol. The summed E-state index contributed by atoms with van der Waals surface area (Å²) in [6.07, 6.45) is 0.619. The average Bonchev–Trinajstić information content (AvgIpc) is 3.20. The highest BCUT2D eigenvalue weighted by Crippen LogP contribution is 2.35. The first-order valence-electron chi connectivity index (χ1n) is 9.53. The number of nitrogens with one attached hydrogen (secondary N) is 1. The Morgan fingerprint density at radius 2 is 1.88 bits per heavy atom. The van der Waals surface area contributed by atoms with Crippen LogP contribution >= 0.6 is 11.6 Å². The third-order valence-electron chi connectivity index (χ3n) is 4.90. The Hall–Kier alpha value is -3.17.